The molecule has 0 bridgehead atoms. The minimum atomic E-state index is 0.692. The number of benzene rings is 1. The summed E-state index contributed by atoms with van der Waals surface area (Å²) in [6.07, 6.45) is 0. The van der Waals surface area contributed by atoms with Crippen molar-refractivity contribution in [2.24, 2.45) is 11.7 Å². The standard InChI is InChI=1S/C14H24N2/c1-12(2)10-16(9-8-15)11-14-6-4-13(3)5-7-14/h4-7,12H,8-11,15H2,1-3H3. The summed E-state index contributed by atoms with van der Waals surface area (Å²) < 4.78 is 0. The number of aryl methyl sites for hydroxylation is 1. The Morgan fingerprint density at radius 3 is 2.31 bits per heavy atom. The van der Waals surface area contributed by atoms with Gasteiger partial charge >= 0.3 is 0 Å². The third kappa shape index (κ3) is 4.77. The predicted molar refractivity (Wildman–Crippen MR) is 70.3 cm³/mol. The number of hydrogen-bond donors (Lipinski definition) is 1. The smallest absolute Gasteiger partial charge is 0.0234 e. The van der Waals surface area contributed by atoms with Gasteiger partial charge in [-0.2, -0.15) is 0 Å². The van der Waals surface area contributed by atoms with Crippen LogP contribution in [0.5, 0.6) is 0 Å². The highest BCUT2D eigenvalue weighted by Gasteiger charge is 2.06. The summed E-state index contributed by atoms with van der Waals surface area (Å²) in [4.78, 5) is 2.43. The van der Waals surface area contributed by atoms with Gasteiger partial charge in [0.25, 0.3) is 0 Å². The highest BCUT2D eigenvalue weighted by Crippen LogP contribution is 2.08. The van der Waals surface area contributed by atoms with Crippen molar-refractivity contribution in [1.82, 2.24) is 4.90 Å². The van der Waals surface area contributed by atoms with E-state index in [0.29, 0.717) is 5.92 Å². The molecule has 2 nitrogen and oxygen atoms in total. The Kier molecular flexibility index (Phi) is 5.50. The van der Waals surface area contributed by atoms with Crippen LogP contribution in [0, 0.1) is 12.8 Å². The van der Waals surface area contributed by atoms with Crippen LogP contribution in [0.25, 0.3) is 0 Å². The lowest BCUT2D eigenvalue weighted by Gasteiger charge is -2.23. The minimum absolute atomic E-state index is 0.692. The number of nitrogens with zero attached hydrogens (tertiary/aromatic N) is 1. The summed E-state index contributed by atoms with van der Waals surface area (Å²) >= 11 is 0. The topological polar surface area (TPSA) is 29.3 Å². The van der Waals surface area contributed by atoms with Gasteiger partial charge in [0.1, 0.15) is 0 Å². The third-order valence-corrected chi connectivity index (χ3v) is 2.60. The molecule has 0 aliphatic carbocycles. The lowest BCUT2D eigenvalue weighted by molar-refractivity contribution is 0.242. The molecule has 1 rings (SSSR count). The maximum atomic E-state index is 5.64. The summed E-state index contributed by atoms with van der Waals surface area (Å²) in [5.41, 5.74) is 8.33. The van der Waals surface area contributed by atoms with E-state index in [1.165, 1.54) is 11.1 Å². The molecule has 0 aliphatic rings. The average Bonchev–Trinajstić information content (AvgIpc) is 2.21. The first-order valence-electron chi connectivity index (χ1n) is 6.09. The predicted octanol–water partition coefficient (Wildman–Crippen LogP) is 2.41. The Labute approximate surface area is 99.5 Å². The van der Waals surface area contributed by atoms with Crippen molar-refractivity contribution in [1.29, 1.82) is 0 Å². The van der Waals surface area contributed by atoms with Crippen molar-refractivity contribution in [3.63, 3.8) is 0 Å². The van der Waals surface area contributed by atoms with Gasteiger partial charge in [0.2, 0.25) is 0 Å². The molecule has 0 aromatic heterocycles. The van der Waals surface area contributed by atoms with Crippen LogP contribution in [0.4, 0.5) is 0 Å². The minimum Gasteiger partial charge on any atom is -0.329 e. The second-order valence-corrected chi connectivity index (χ2v) is 4.90. The number of rotatable bonds is 6. The van der Waals surface area contributed by atoms with Crippen LogP contribution in [0.3, 0.4) is 0 Å². The largest absolute Gasteiger partial charge is 0.329 e. The number of hydrogen-bond acceptors (Lipinski definition) is 2. The van der Waals surface area contributed by atoms with Crippen molar-refractivity contribution in [2.45, 2.75) is 27.3 Å². The molecular formula is C14H24N2. The summed E-state index contributed by atoms with van der Waals surface area (Å²) in [6, 6.07) is 8.76. The second-order valence-electron chi connectivity index (χ2n) is 4.90. The molecule has 1 aromatic carbocycles. The molecular weight excluding hydrogens is 196 g/mol. The van der Waals surface area contributed by atoms with Crippen LogP contribution in [0.2, 0.25) is 0 Å². The zero-order valence-corrected chi connectivity index (χ0v) is 10.7. The molecule has 2 heteroatoms. The van der Waals surface area contributed by atoms with Crippen molar-refractivity contribution in [3.05, 3.63) is 35.4 Å². The van der Waals surface area contributed by atoms with E-state index in [-0.39, 0.29) is 0 Å². The monoisotopic (exact) mass is 220 g/mol. The fraction of sp³-hybridized carbons (Fsp3) is 0.571. The quantitative estimate of drug-likeness (QED) is 0.797. The van der Waals surface area contributed by atoms with Gasteiger partial charge in [0, 0.05) is 26.2 Å². The molecule has 0 amide bonds. The maximum absolute atomic E-state index is 5.64. The van der Waals surface area contributed by atoms with Crippen molar-refractivity contribution < 1.29 is 0 Å². The SMILES string of the molecule is Cc1ccc(CN(CCN)CC(C)C)cc1. The van der Waals surface area contributed by atoms with Gasteiger partial charge in [-0.25, -0.2) is 0 Å². The van der Waals surface area contributed by atoms with E-state index < -0.39 is 0 Å². The lowest BCUT2D eigenvalue weighted by atomic mass is 10.1. The van der Waals surface area contributed by atoms with Crippen molar-refractivity contribution in [3.8, 4) is 0 Å². The third-order valence-electron chi connectivity index (χ3n) is 2.60. The summed E-state index contributed by atoms with van der Waals surface area (Å²) in [7, 11) is 0. The molecule has 0 saturated heterocycles. The molecule has 90 valence electrons. The van der Waals surface area contributed by atoms with Crippen molar-refractivity contribution >= 4 is 0 Å². The maximum Gasteiger partial charge on any atom is 0.0234 e. The van der Waals surface area contributed by atoms with Gasteiger partial charge < -0.3 is 5.73 Å². The Morgan fingerprint density at radius 2 is 1.81 bits per heavy atom. The average molecular weight is 220 g/mol. The van der Waals surface area contributed by atoms with Crippen LogP contribution < -0.4 is 5.73 Å². The highest BCUT2D eigenvalue weighted by molar-refractivity contribution is 5.21. The first-order chi connectivity index (χ1) is 7.61. The summed E-state index contributed by atoms with van der Waals surface area (Å²) in [5.74, 6) is 0.692. The Balaban J connectivity index is 2.56. The lowest BCUT2D eigenvalue weighted by Crippen LogP contribution is -2.32. The van der Waals surface area contributed by atoms with Crippen LogP contribution >= 0.6 is 0 Å². The van der Waals surface area contributed by atoms with E-state index in [4.69, 9.17) is 5.73 Å². The van der Waals surface area contributed by atoms with Gasteiger partial charge in [-0.15, -0.1) is 0 Å². The first kappa shape index (κ1) is 13.2. The molecule has 0 saturated carbocycles. The molecule has 0 radical (unpaired) electrons. The number of nitrogens with two attached hydrogens (primary N) is 1. The van der Waals surface area contributed by atoms with Gasteiger partial charge in [-0.3, -0.25) is 4.90 Å². The second kappa shape index (κ2) is 6.66. The summed E-state index contributed by atoms with van der Waals surface area (Å²) in [5, 5.41) is 0. The van der Waals surface area contributed by atoms with Gasteiger partial charge in [-0.1, -0.05) is 43.7 Å². The Hall–Kier alpha value is -0.860. The zero-order valence-electron chi connectivity index (χ0n) is 10.7. The Bertz CT molecular complexity index is 290. The van der Waals surface area contributed by atoms with E-state index in [1.54, 1.807) is 0 Å². The van der Waals surface area contributed by atoms with E-state index in [2.05, 4.69) is 49.9 Å². The van der Waals surface area contributed by atoms with E-state index in [9.17, 15) is 0 Å². The van der Waals surface area contributed by atoms with E-state index in [0.717, 1.165) is 26.2 Å². The molecule has 0 fully saturated rings. The molecule has 16 heavy (non-hydrogen) atoms. The first-order valence-corrected chi connectivity index (χ1v) is 6.09. The van der Waals surface area contributed by atoms with E-state index in [1.807, 2.05) is 0 Å². The fourth-order valence-corrected chi connectivity index (χ4v) is 1.89. The molecule has 0 spiro atoms. The molecule has 2 N–H and O–H groups in total. The fourth-order valence-electron chi connectivity index (χ4n) is 1.89. The van der Waals surface area contributed by atoms with Crippen LogP contribution in [0.1, 0.15) is 25.0 Å². The van der Waals surface area contributed by atoms with Gasteiger partial charge in [0.15, 0.2) is 0 Å². The van der Waals surface area contributed by atoms with Crippen LogP contribution in [0.15, 0.2) is 24.3 Å². The van der Waals surface area contributed by atoms with Gasteiger partial charge in [-0.05, 0) is 18.4 Å². The molecule has 0 atom stereocenters. The zero-order chi connectivity index (χ0) is 12.0. The molecule has 1 aromatic rings. The van der Waals surface area contributed by atoms with Gasteiger partial charge in [0.05, 0.1) is 0 Å². The highest BCUT2D eigenvalue weighted by atomic mass is 15.1. The van der Waals surface area contributed by atoms with Crippen LogP contribution in [-0.2, 0) is 6.54 Å². The van der Waals surface area contributed by atoms with Crippen molar-refractivity contribution in [2.75, 3.05) is 19.6 Å². The molecule has 0 heterocycles. The van der Waals surface area contributed by atoms with E-state index >= 15 is 0 Å². The molecule has 0 aliphatic heterocycles. The molecule has 0 unspecified atom stereocenters. The van der Waals surface area contributed by atoms with Crippen LogP contribution in [-0.4, -0.2) is 24.5 Å². The summed E-state index contributed by atoms with van der Waals surface area (Å²) in [6.45, 7) is 10.5. The normalized spacial score (nSPS) is 11.4. The Morgan fingerprint density at radius 1 is 1.19 bits per heavy atom.